The molecular weight excluding hydrogens is 372 g/mol. The summed E-state index contributed by atoms with van der Waals surface area (Å²) in [5.41, 5.74) is 0.972. The lowest BCUT2D eigenvalue weighted by Gasteiger charge is -2.32. The Kier molecular flexibility index (Phi) is 6.17. The number of anilines is 1. The van der Waals surface area contributed by atoms with Crippen molar-refractivity contribution in [1.82, 2.24) is 15.2 Å². The number of ether oxygens (including phenoxy) is 1. The van der Waals surface area contributed by atoms with Crippen LogP contribution in [0.4, 0.5) is 5.13 Å². The fourth-order valence-electron chi connectivity index (χ4n) is 3.42. The second-order valence-electron chi connectivity index (χ2n) is 6.78. The maximum atomic E-state index is 9.26. The Labute approximate surface area is 168 Å². The van der Waals surface area contributed by atoms with Crippen molar-refractivity contribution in [2.24, 2.45) is 4.99 Å². The molecule has 8 heteroatoms. The zero-order valence-electron chi connectivity index (χ0n) is 15.8. The van der Waals surface area contributed by atoms with Crippen LogP contribution in [0.2, 0.25) is 0 Å². The number of hydrogen-bond acceptors (Lipinski definition) is 6. The Bertz CT molecular complexity index is 862. The Morgan fingerprint density at radius 3 is 3.00 bits per heavy atom. The zero-order chi connectivity index (χ0) is 19.2. The van der Waals surface area contributed by atoms with Crippen LogP contribution < -0.4 is 10.2 Å². The highest BCUT2D eigenvalue weighted by molar-refractivity contribution is 7.22. The number of morpholine rings is 1. The van der Waals surface area contributed by atoms with Crippen LogP contribution in [0.5, 0.6) is 0 Å². The van der Waals surface area contributed by atoms with Gasteiger partial charge in [0.2, 0.25) is 5.96 Å². The summed E-state index contributed by atoms with van der Waals surface area (Å²) in [4.78, 5) is 14.1. The van der Waals surface area contributed by atoms with Crippen molar-refractivity contribution >= 4 is 32.6 Å². The predicted octanol–water partition coefficient (Wildman–Crippen LogP) is 2.58. The molecule has 4 rings (SSSR count). The van der Waals surface area contributed by atoms with E-state index in [2.05, 4.69) is 27.3 Å². The third-order valence-electron chi connectivity index (χ3n) is 4.88. The second-order valence-corrected chi connectivity index (χ2v) is 7.79. The van der Waals surface area contributed by atoms with Crippen LogP contribution in [-0.2, 0) is 4.74 Å². The molecule has 0 amide bonds. The number of nitrogens with one attached hydrogen (secondary N) is 1. The van der Waals surface area contributed by atoms with E-state index in [9.17, 15) is 5.26 Å². The van der Waals surface area contributed by atoms with Crippen LogP contribution in [0.3, 0.4) is 0 Å². The maximum Gasteiger partial charge on any atom is 0.204 e. The average molecular weight is 397 g/mol. The molecule has 0 aliphatic carbocycles. The molecule has 7 nitrogen and oxygen atoms in total. The fourth-order valence-corrected chi connectivity index (χ4v) is 4.45. The molecule has 0 saturated carbocycles. The summed E-state index contributed by atoms with van der Waals surface area (Å²) in [6, 6.07) is 10.3. The van der Waals surface area contributed by atoms with E-state index >= 15 is 0 Å². The van der Waals surface area contributed by atoms with Gasteiger partial charge in [-0.3, -0.25) is 14.8 Å². The molecule has 1 aromatic carbocycles. The van der Waals surface area contributed by atoms with E-state index in [-0.39, 0.29) is 6.04 Å². The van der Waals surface area contributed by atoms with Crippen molar-refractivity contribution < 1.29 is 4.74 Å². The van der Waals surface area contributed by atoms with Crippen LogP contribution in [0.15, 0.2) is 41.5 Å². The average Bonchev–Trinajstić information content (AvgIpc) is 3.16. The van der Waals surface area contributed by atoms with Gasteiger partial charge in [-0.2, -0.15) is 5.26 Å². The first kappa shape index (κ1) is 18.9. The van der Waals surface area contributed by atoms with E-state index in [0.29, 0.717) is 6.42 Å². The molecule has 1 saturated heterocycles. The van der Waals surface area contributed by atoms with Crippen molar-refractivity contribution in [3.63, 3.8) is 0 Å². The van der Waals surface area contributed by atoms with Gasteiger partial charge < -0.3 is 10.1 Å². The molecular formula is C20H24N6OS. The highest BCUT2D eigenvalue weighted by Crippen LogP contribution is 2.31. The zero-order valence-corrected chi connectivity index (χ0v) is 16.6. The Morgan fingerprint density at radius 2 is 2.18 bits per heavy atom. The lowest BCUT2D eigenvalue weighted by Crippen LogP contribution is -2.48. The van der Waals surface area contributed by atoms with Gasteiger partial charge in [0.05, 0.1) is 42.0 Å². The highest BCUT2D eigenvalue weighted by atomic mass is 32.1. The first-order chi connectivity index (χ1) is 13.8. The molecule has 146 valence electrons. The largest absolute Gasteiger partial charge is 0.379 e. The molecule has 3 heterocycles. The number of aromatic nitrogens is 1. The van der Waals surface area contributed by atoms with E-state index in [4.69, 9.17) is 14.7 Å². The molecule has 0 spiro atoms. The molecule has 1 N–H and O–H groups in total. The van der Waals surface area contributed by atoms with Gasteiger partial charge in [-0.15, -0.1) is 0 Å². The van der Waals surface area contributed by atoms with Gasteiger partial charge in [-0.05, 0) is 24.6 Å². The molecule has 1 aromatic heterocycles. The summed E-state index contributed by atoms with van der Waals surface area (Å²) in [5, 5.41) is 13.4. The minimum atomic E-state index is -0.0650. The lowest BCUT2D eigenvalue weighted by molar-refractivity contribution is 0.0377. The number of aliphatic imine (C=N–C) groups is 1. The van der Waals surface area contributed by atoms with Crippen molar-refractivity contribution in [1.29, 1.82) is 5.26 Å². The number of nitrogens with zero attached hydrogens (tertiary/aromatic N) is 5. The van der Waals surface area contributed by atoms with Gasteiger partial charge >= 0.3 is 0 Å². The summed E-state index contributed by atoms with van der Waals surface area (Å²) >= 11 is 1.63. The summed E-state index contributed by atoms with van der Waals surface area (Å²) in [7, 11) is 0. The maximum absolute atomic E-state index is 9.26. The predicted molar refractivity (Wildman–Crippen MR) is 113 cm³/mol. The highest BCUT2D eigenvalue weighted by Gasteiger charge is 2.27. The van der Waals surface area contributed by atoms with Crippen molar-refractivity contribution in [2.45, 2.75) is 18.9 Å². The third kappa shape index (κ3) is 4.33. The fraction of sp³-hybridized carbons (Fsp3) is 0.450. The number of fused-ring (bicyclic) bond motifs is 1. The van der Waals surface area contributed by atoms with Crippen molar-refractivity contribution in [2.75, 3.05) is 44.3 Å². The summed E-state index contributed by atoms with van der Waals surface area (Å²) < 4.78 is 6.53. The molecule has 28 heavy (non-hydrogen) atoms. The summed E-state index contributed by atoms with van der Waals surface area (Å²) in [6.07, 6.45) is 5.26. The Morgan fingerprint density at radius 1 is 1.32 bits per heavy atom. The van der Waals surface area contributed by atoms with Gasteiger partial charge in [0.25, 0.3) is 0 Å². The number of guanidine groups is 1. The van der Waals surface area contributed by atoms with Crippen LogP contribution in [0, 0.1) is 11.3 Å². The number of benzene rings is 1. The van der Waals surface area contributed by atoms with E-state index in [1.54, 1.807) is 11.3 Å². The molecule has 2 aliphatic rings. The first-order valence-corrected chi connectivity index (χ1v) is 10.5. The van der Waals surface area contributed by atoms with Crippen LogP contribution in [0.25, 0.3) is 10.2 Å². The molecule has 1 unspecified atom stereocenters. The molecule has 2 aromatic rings. The molecule has 0 radical (unpaired) electrons. The molecule has 2 aliphatic heterocycles. The Hall–Kier alpha value is -2.47. The third-order valence-corrected chi connectivity index (χ3v) is 5.91. The van der Waals surface area contributed by atoms with Gasteiger partial charge in [0.1, 0.15) is 0 Å². The summed E-state index contributed by atoms with van der Waals surface area (Å²) in [5.74, 6) is 0.767. The number of thiazole rings is 1. The quantitative estimate of drug-likeness (QED) is 0.757. The number of hydrogen-bond donors (Lipinski definition) is 1. The smallest absolute Gasteiger partial charge is 0.204 e. The normalized spacial score (nSPS) is 21.8. The number of rotatable bonds is 6. The minimum Gasteiger partial charge on any atom is -0.379 e. The number of nitriles is 1. The standard InChI is InChI=1S/C20H24N6OS/c21-8-6-16-7-10-23-19(22-9-3-11-25-12-14-27-15-13-25)26(16)20-24-17-4-1-2-5-18(17)28-20/h1-2,4-5,7,10,16H,3,6,9,11-15H2,(H,22,23). The van der Waals surface area contributed by atoms with Gasteiger partial charge in [0, 0.05) is 32.4 Å². The van der Waals surface area contributed by atoms with Gasteiger partial charge in [0.15, 0.2) is 5.13 Å². The van der Waals surface area contributed by atoms with Crippen LogP contribution >= 0.6 is 11.3 Å². The lowest BCUT2D eigenvalue weighted by atomic mass is 10.2. The van der Waals surface area contributed by atoms with Crippen LogP contribution in [0.1, 0.15) is 12.8 Å². The second kappa shape index (κ2) is 9.15. The topological polar surface area (TPSA) is 76.8 Å². The van der Waals surface area contributed by atoms with E-state index in [0.717, 1.165) is 67.1 Å². The van der Waals surface area contributed by atoms with Gasteiger partial charge in [-0.1, -0.05) is 23.5 Å². The monoisotopic (exact) mass is 396 g/mol. The summed E-state index contributed by atoms with van der Waals surface area (Å²) in [6.45, 7) is 5.40. The minimum absolute atomic E-state index is 0.0650. The van der Waals surface area contributed by atoms with Crippen LogP contribution in [-0.4, -0.2) is 61.3 Å². The van der Waals surface area contributed by atoms with Crippen molar-refractivity contribution in [3.05, 3.63) is 36.5 Å². The van der Waals surface area contributed by atoms with Crippen molar-refractivity contribution in [3.8, 4) is 6.07 Å². The Balaban J connectivity index is 1.50. The van der Waals surface area contributed by atoms with E-state index in [1.807, 2.05) is 30.5 Å². The molecule has 0 bridgehead atoms. The van der Waals surface area contributed by atoms with Gasteiger partial charge in [-0.25, -0.2) is 4.98 Å². The first-order valence-electron chi connectivity index (χ1n) is 9.64. The molecule has 1 fully saturated rings. The SMILES string of the molecule is N#CCC1C=CNC(=NCCCN2CCOCC2)N1c1nc2ccccc2s1. The number of para-hydroxylation sites is 1. The van der Waals surface area contributed by atoms with E-state index in [1.165, 1.54) is 0 Å². The van der Waals surface area contributed by atoms with E-state index < -0.39 is 0 Å². The molecule has 1 atom stereocenters.